The Morgan fingerprint density at radius 1 is 1.15 bits per heavy atom. The number of fused-ring (bicyclic) bond motifs is 1. The van der Waals surface area contributed by atoms with Crippen molar-refractivity contribution in [1.82, 2.24) is 5.32 Å². The van der Waals surface area contributed by atoms with Crippen LogP contribution in [-0.4, -0.2) is 33.0 Å². The molecule has 0 atom stereocenters. The molecule has 1 N–H and O–H groups in total. The van der Waals surface area contributed by atoms with Crippen molar-refractivity contribution in [2.75, 3.05) is 33.0 Å². The van der Waals surface area contributed by atoms with Crippen LogP contribution in [0.15, 0.2) is 18.2 Å². The minimum absolute atomic E-state index is 0.641. The monoisotopic (exact) mass is 277 g/mol. The lowest BCUT2D eigenvalue weighted by molar-refractivity contribution is 0.122. The van der Waals surface area contributed by atoms with E-state index >= 15 is 0 Å². The summed E-state index contributed by atoms with van der Waals surface area (Å²) in [6.45, 7) is 4.96. The summed E-state index contributed by atoms with van der Waals surface area (Å²) >= 11 is 0. The summed E-state index contributed by atoms with van der Waals surface area (Å²) in [4.78, 5) is 0. The van der Waals surface area contributed by atoms with Crippen LogP contribution in [0.2, 0.25) is 0 Å². The van der Waals surface area contributed by atoms with Gasteiger partial charge < -0.3 is 19.5 Å². The molecule has 4 nitrogen and oxygen atoms in total. The number of hydrogen-bond acceptors (Lipinski definition) is 4. The van der Waals surface area contributed by atoms with Crippen molar-refractivity contribution in [1.29, 1.82) is 0 Å². The average molecular weight is 277 g/mol. The van der Waals surface area contributed by atoms with Crippen molar-refractivity contribution in [2.24, 2.45) is 5.92 Å². The van der Waals surface area contributed by atoms with Crippen LogP contribution in [0, 0.1) is 5.92 Å². The molecular weight excluding hydrogens is 254 g/mol. The third-order valence-electron chi connectivity index (χ3n) is 3.63. The van der Waals surface area contributed by atoms with Gasteiger partial charge >= 0.3 is 0 Å². The highest BCUT2D eigenvalue weighted by Gasteiger charge is 2.20. The van der Waals surface area contributed by atoms with E-state index in [4.69, 9.17) is 14.2 Å². The van der Waals surface area contributed by atoms with Crippen LogP contribution < -0.4 is 14.8 Å². The Hall–Kier alpha value is -1.26. The van der Waals surface area contributed by atoms with Gasteiger partial charge in [0.2, 0.25) is 0 Å². The molecule has 0 saturated heterocycles. The largest absolute Gasteiger partial charge is 0.486 e. The van der Waals surface area contributed by atoms with Crippen molar-refractivity contribution in [2.45, 2.75) is 25.8 Å². The first-order chi connectivity index (χ1) is 9.92. The Morgan fingerprint density at radius 3 is 2.85 bits per heavy atom. The van der Waals surface area contributed by atoms with Crippen LogP contribution >= 0.6 is 0 Å². The Labute approximate surface area is 120 Å². The summed E-state index contributed by atoms with van der Waals surface area (Å²) in [6.07, 6.45) is 3.79. The fourth-order valence-electron chi connectivity index (χ4n) is 2.26. The number of nitrogens with one attached hydrogen (secondary N) is 1. The molecule has 1 fully saturated rings. The first-order valence-corrected chi connectivity index (χ1v) is 7.59. The molecule has 0 radical (unpaired) electrons. The van der Waals surface area contributed by atoms with Gasteiger partial charge in [-0.3, -0.25) is 0 Å². The van der Waals surface area contributed by atoms with Gasteiger partial charge in [-0.1, -0.05) is 6.07 Å². The molecule has 0 unspecified atom stereocenters. The Morgan fingerprint density at radius 2 is 2.00 bits per heavy atom. The zero-order chi connectivity index (χ0) is 13.6. The third kappa shape index (κ3) is 4.12. The first kappa shape index (κ1) is 13.7. The van der Waals surface area contributed by atoms with Crippen LogP contribution in [-0.2, 0) is 11.3 Å². The molecule has 0 spiro atoms. The summed E-state index contributed by atoms with van der Waals surface area (Å²) in [5, 5.41) is 3.44. The van der Waals surface area contributed by atoms with Crippen molar-refractivity contribution < 1.29 is 14.2 Å². The molecule has 1 heterocycles. The predicted octanol–water partition coefficient (Wildman–Crippen LogP) is 2.36. The van der Waals surface area contributed by atoms with Crippen molar-refractivity contribution in [3.05, 3.63) is 23.8 Å². The lowest BCUT2D eigenvalue weighted by Crippen LogP contribution is -2.18. The van der Waals surface area contributed by atoms with Gasteiger partial charge in [0.25, 0.3) is 0 Å². The van der Waals surface area contributed by atoms with E-state index in [-0.39, 0.29) is 0 Å². The molecule has 1 aliphatic carbocycles. The molecule has 20 heavy (non-hydrogen) atoms. The van der Waals surface area contributed by atoms with E-state index in [2.05, 4.69) is 17.4 Å². The maximum atomic E-state index is 5.61. The average Bonchev–Trinajstić information content (AvgIpc) is 3.30. The highest BCUT2D eigenvalue weighted by atomic mass is 16.6. The minimum atomic E-state index is 0.641. The van der Waals surface area contributed by atoms with Crippen LogP contribution in [0.5, 0.6) is 11.5 Å². The van der Waals surface area contributed by atoms with E-state index in [1.165, 1.54) is 18.4 Å². The minimum Gasteiger partial charge on any atom is -0.486 e. The second kappa shape index (κ2) is 6.95. The fraction of sp³-hybridized carbons (Fsp3) is 0.625. The van der Waals surface area contributed by atoms with E-state index < -0.39 is 0 Å². The van der Waals surface area contributed by atoms with E-state index in [9.17, 15) is 0 Å². The van der Waals surface area contributed by atoms with Gasteiger partial charge in [0.15, 0.2) is 11.5 Å². The molecule has 1 aromatic rings. The second-order valence-electron chi connectivity index (χ2n) is 5.53. The molecule has 0 aromatic heterocycles. The topological polar surface area (TPSA) is 39.7 Å². The summed E-state index contributed by atoms with van der Waals surface area (Å²) in [7, 11) is 0. The fourth-order valence-corrected chi connectivity index (χ4v) is 2.26. The van der Waals surface area contributed by atoms with Gasteiger partial charge in [-0.2, -0.15) is 0 Å². The molecule has 0 bridgehead atoms. The molecular formula is C16H23NO3. The molecule has 0 amide bonds. The molecule has 3 rings (SSSR count). The number of rotatable bonds is 8. The van der Waals surface area contributed by atoms with Gasteiger partial charge in [0, 0.05) is 19.8 Å². The maximum Gasteiger partial charge on any atom is 0.161 e. The van der Waals surface area contributed by atoms with Crippen molar-refractivity contribution >= 4 is 0 Å². The highest BCUT2D eigenvalue weighted by molar-refractivity contribution is 5.43. The van der Waals surface area contributed by atoms with E-state index in [1.807, 2.05) is 6.07 Å². The smallest absolute Gasteiger partial charge is 0.161 e. The Balaban J connectivity index is 1.31. The molecule has 1 aromatic carbocycles. The van der Waals surface area contributed by atoms with E-state index in [1.54, 1.807) is 0 Å². The first-order valence-electron chi connectivity index (χ1n) is 7.59. The van der Waals surface area contributed by atoms with Gasteiger partial charge in [-0.25, -0.2) is 0 Å². The normalized spacial score (nSPS) is 17.2. The standard InChI is InChI=1S/C16H23NO3/c1(7-18-12-13-2-3-13)6-17-11-14-4-5-15-16(10-14)20-9-8-19-15/h4-5,10,13,17H,1-3,6-9,11-12H2. The van der Waals surface area contributed by atoms with E-state index in [0.717, 1.165) is 50.1 Å². The van der Waals surface area contributed by atoms with Crippen molar-refractivity contribution in [3.63, 3.8) is 0 Å². The molecule has 2 aliphatic rings. The number of ether oxygens (including phenoxy) is 3. The van der Waals surface area contributed by atoms with Gasteiger partial charge in [0.05, 0.1) is 0 Å². The highest BCUT2D eigenvalue weighted by Crippen LogP contribution is 2.30. The number of hydrogen-bond donors (Lipinski definition) is 1. The summed E-state index contributed by atoms with van der Waals surface area (Å²) in [6, 6.07) is 6.14. The third-order valence-corrected chi connectivity index (χ3v) is 3.63. The lowest BCUT2D eigenvalue weighted by atomic mass is 10.2. The molecule has 1 saturated carbocycles. The van der Waals surface area contributed by atoms with E-state index in [0.29, 0.717) is 13.2 Å². The van der Waals surface area contributed by atoms with Crippen LogP contribution in [0.1, 0.15) is 24.8 Å². The van der Waals surface area contributed by atoms with Gasteiger partial charge in [-0.15, -0.1) is 0 Å². The van der Waals surface area contributed by atoms with Crippen LogP contribution in [0.3, 0.4) is 0 Å². The number of benzene rings is 1. The Bertz CT molecular complexity index is 432. The zero-order valence-corrected chi connectivity index (χ0v) is 11.9. The summed E-state index contributed by atoms with van der Waals surface area (Å²) in [5.41, 5.74) is 1.23. The lowest BCUT2D eigenvalue weighted by Gasteiger charge is -2.19. The molecule has 4 heteroatoms. The SMILES string of the molecule is c1cc2c(cc1CNCCCOCC1CC1)OCCO2. The second-order valence-corrected chi connectivity index (χ2v) is 5.53. The molecule has 1 aliphatic heterocycles. The van der Waals surface area contributed by atoms with Gasteiger partial charge in [-0.05, 0) is 49.4 Å². The quantitative estimate of drug-likeness (QED) is 0.741. The van der Waals surface area contributed by atoms with Crippen LogP contribution in [0.25, 0.3) is 0 Å². The zero-order valence-electron chi connectivity index (χ0n) is 11.9. The molecule has 110 valence electrons. The summed E-state index contributed by atoms with van der Waals surface area (Å²) in [5.74, 6) is 2.58. The van der Waals surface area contributed by atoms with Gasteiger partial charge in [0.1, 0.15) is 13.2 Å². The predicted molar refractivity (Wildman–Crippen MR) is 77.3 cm³/mol. The maximum absolute atomic E-state index is 5.61. The van der Waals surface area contributed by atoms with Crippen LogP contribution in [0.4, 0.5) is 0 Å². The van der Waals surface area contributed by atoms with Crippen molar-refractivity contribution in [3.8, 4) is 11.5 Å². The summed E-state index contributed by atoms with van der Waals surface area (Å²) < 4.78 is 16.7. The Kier molecular flexibility index (Phi) is 4.77.